The molecule has 1 saturated heterocycles. The highest BCUT2D eigenvalue weighted by Crippen LogP contribution is 2.25. The Labute approximate surface area is 137 Å². The van der Waals surface area contributed by atoms with E-state index in [2.05, 4.69) is 5.32 Å². The molecule has 2 amide bonds. The van der Waals surface area contributed by atoms with Gasteiger partial charge in [0.25, 0.3) is 0 Å². The van der Waals surface area contributed by atoms with Gasteiger partial charge in [0.2, 0.25) is 5.91 Å². The van der Waals surface area contributed by atoms with Crippen molar-refractivity contribution >= 4 is 12.0 Å². The standard InChI is InChI=1S/C16H28N2O5/c1-16(2,3)23-15(21)17-12-6-5-11(19)9-13(12)18-7-4-8-22-10-14(18)20/h11-13,19H,4-10H2,1-3H3,(H,17,21). The number of aliphatic hydroxyl groups is 1. The molecule has 2 aliphatic rings. The minimum Gasteiger partial charge on any atom is -0.444 e. The topological polar surface area (TPSA) is 88.1 Å². The van der Waals surface area contributed by atoms with E-state index in [9.17, 15) is 14.7 Å². The summed E-state index contributed by atoms with van der Waals surface area (Å²) < 4.78 is 10.6. The summed E-state index contributed by atoms with van der Waals surface area (Å²) in [7, 11) is 0. The van der Waals surface area contributed by atoms with Crippen LogP contribution in [-0.4, -0.2) is 65.6 Å². The lowest BCUT2D eigenvalue weighted by Crippen LogP contribution is -2.57. The van der Waals surface area contributed by atoms with Crippen LogP contribution in [0.1, 0.15) is 46.5 Å². The van der Waals surface area contributed by atoms with Crippen LogP contribution in [0.25, 0.3) is 0 Å². The van der Waals surface area contributed by atoms with E-state index in [0.717, 1.165) is 6.42 Å². The maximum Gasteiger partial charge on any atom is 0.407 e. The molecule has 1 heterocycles. The average molecular weight is 328 g/mol. The molecule has 7 nitrogen and oxygen atoms in total. The Hall–Kier alpha value is -1.34. The molecule has 0 aromatic rings. The third-order valence-electron chi connectivity index (χ3n) is 4.12. The van der Waals surface area contributed by atoms with E-state index in [1.807, 2.05) is 20.8 Å². The number of rotatable bonds is 2. The molecule has 2 fully saturated rings. The highest BCUT2D eigenvalue weighted by atomic mass is 16.6. The van der Waals surface area contributed by atoms with Crippen molar-refractivity contribution in [3.8, 4) is 0 Å². The van der Waals surface area contributed by atoms with Gasteiger partial charge in [0.15, 0.2) is 0 Å². The molecule has 3 atom stereocenters. The van der Waals surface area contributed by atoms with Crippen LogP contribution in [0.4, 0.5) is 4.79 Å². The monoisotopic (exact) mass is 328 g/mol. The molecule has 7 heteroatoms. The Morgan fingerprint density at radius 1 is 1.39 bits per heavy atom. The van der Waals surface area contributed by atoms with Crippen molar-refractivity contribution in [1.82, 2.24) is 10.2 Å². The van der Waals surface area contributed by atoms with Crippen LogP contribution in [0.15, 0.2) is 0 Å². The van der Waals surface area contributed by atoms with Gasteiger partial charge in [-0.25, -0.2) is 4.79 Å². The summed E-state index contributed by atoms with van der Waals surface area (Å²) in [4.78, 5) is 26.1. The number of hydrogen-bond donors (Lipinski definition) is 2. The van der Waals surface area contributed by atoms with Gasteiger partial charge in [-0.3, -0.25) is 4.79 Å². The summed E-state index contributed by atoms with van der Waals surface area (Å²) in [6, 6.07) is -0.434. The number of amides is 2. The number of alkyl carbamates (subject to hydrolysis) is 1. The van der Waals surface area contributed by atoms with E-state index >= 15 is 0 Å². The lowest BCUT2D eigenvalue weighted by Gasteiger charge is -2.41. The third kappa shape index (κ3) is 5.35. The fourth-order valence-electron chi connectivity index (χ4n) is 3.15. The Morgan fingerprint density at radius 3 is 2.83 bits per heavy atom. The van der Waals surface area contributed by atoms with E-state index in [1.165, 1.54) is 0 Å². The number of carbonyl (C=O) groups is 2. The number of nitrogens with zero attached hydrogens (tertiary/aromatic N) is 1. The van der Waals surface area contributed by atoms with Gasteiger partial charge in [0.05, 0.1) is 18.2 Å². The van der Waals surface area contributed by atoms with Crippen molar-refractivity contribution in [3.05, 3.63) is 0 Å². The zero-order chi connectivity index (χ0) is 17.0. The van der Waals surface area contributed by atoms with Gasteiger partial charge in [-0.2, -0.15) is 0 Å². The normalized spacial score (nSPS) is 29.8. The smallest absolute Gasteiger partial charge is 0.407 e. The van der Waals surface area contributed by atoms with E-state index < -0.39 is 17.8 Å². The molecule has 2 rings (SSSR count). The molecular formula is C16H28N2O5. The minimum absolute atomic E-state index is 0.0613. The predicted molar refractivity (Wildman–Crippen MR) is 84.0 cm³/mol. The highest BCUT2D eigenvalue weighted by molar-refractivity contribution is 5.78. The van der Waals surface area contributed by atoms with Gasteiger partial charge in [0.1, 0.15) is 12.2 Å². The molecule has 3 unspecified atom stereocenters. The van der Waals surface area contributed by atoms with Crippen molar-refractivity contribution in [3.63, 3.8) is 0 Å². The van der Waals surface area contributed by atoms with Gasteiger partial charge >= 0.3 is 6.09 Å². The molecule has 1 aliphatic heterocycles. The van der Waals surface area contributed by atoms with Crippen LogP contribution >= 0.6 is 0 Å². The second kappa shape index (κ2) is 7.49. The van der Waals surface area contributed by atoms with Gasteiger partial charge < -0.3 is 24.8 Å². The van der Waals surface area contributed by atoms with Crippen LogP contribution in [0.5, 0.6) is 0 Å². The Balaban J connectivity index is 2.06. The van der Waals surface area contributed by atoms with Gasteiger partial charge in [-0.15, -0.1) is 0 Å². The van der Waals surface area contributed by atoms with Gasteiger partial charge in [-0.05, 0) is 46.5 Å². The molecule has 23 heavy (non-hydrogen) atoms. The maximum absolute atomic E-state index is 12.3. The molecule has 132 valence electrons. The summed E-state index contributed by atoms with van der Waals surface area (Å²) in [5, 5.41) is 12.9. The molecule has 1 aliphatic carbocycles. The zero-order valence-electron chi connectivity index (χ0n) is 14.2. The van der Waals surface area contributed by atoms with E-state index in [1.54, 1.807) is 4.90 Å². The molecule has 0 radical (unpaired) electrons. The Morgan fingerprint density at radius 2 is 2.13 bits per heavy atom. The summed E-state index contributed by atoms with van der Waals surface area (Å²) in [6.45, 7) is 6.63. The first kappa shape index (κ1) is 18.0. The first-order chi connectivity index (χ1) is 10.8. The average Bonchev–Trinajstić information content (AvgIpc) is 2.63. The molecule has 0 spiro atoms. The predicted octanol–water partition coefficient (Wildman–Crippen LogP) is 1.04. The summed E-state index contributed by atoms with van der Waals surface area (Å²) >= 11 is 0. The third-order valence-corrected chi connectivity index (χ3v) is 4.12. The molecule has 0 bridgehead atoms. The SMILES string of the molecule is CC(C)(C)OC(=O)NC1CCC(O)CC1N1CCCOCC1=O. The minimum atomic E-state index is -0.569. The summed E-state index contributed by atoms with van der Waals surface area (Å²) in [6.07, 6.45) is 1.52. The Kier molecular flexibility index (Phi) is 5.86. The molecule has 2 N–H and O–H groups in total. The van der Waals surface area contributed by atoms with Crippen molar-refractivity contribution in [1.29, 1.82) is 0 Å². The van der Waals surface area contributed by atoms with Crippen molar-refractivity contribution in [2.45, 2.75) is 70.2 Å². The second-order valence-corrected chi connectivity index (χ2v) is 7.28. The second-order valence-electron chi connectivity index (χ2n) is 7.28. The summed E-state index contributed by atoms with van der Waals surface area (Å²) in [5.74, 6) is -0.0856. The van der Waals surface area contributed by atoms with Crippen LogP contribution in [0.3, 0.4) is 0 Å². The van der Waals surface area contributed by atoms with Crippen LogP contribution in [-0.2, 0) is 14.3 Å². The number of hydrogen-bond acceptors (Lipinski definition) is 5. The van der Waals surface area contributed by atoms with Crippen LogP contribution in [0, 0.1) is 0 Å². The molecule has 0 aromatic heterocycles. The Bertz CT molecular complexity index is 435. The van der Waals surface area contributed by atoms with E-state index in [4.69, 9.17) is 9.47 Å². The number of ether oxygens (including phenoxy) is 2. The number of nitrogens with one attached hydrogen (secondary N) is 1. The van der Waals surface area contributed by atoms with Crippen molar-refractivity contribution < 1.29 is 24.2 Å². The lowest BCUT2D eigenvalue weighted by molar-refractivity contribution is -0.138. The maximum atomic E-state index is 12.3. The van der Waals surface area contributed by atoms with Gasteiger partial charge in [-0.1, -0.05) is 0 Å². The fraction of sp³-hybridized carbons (Fsp3) is 0.875. The van der Waals surface area contributed by atoms with Crippen LogP contribution in [0.2, 0.25) is 0 Å². The van der Waals surface area contributed by atoms with Gasteiger partial charge in [0, 0.05) is 13.2 Å². The van der Waals surface area contributed by atoms with Crippen molar-refractivity contribution in [2.75, 3.05) is 19.8 Å². The lowest BCUT2D eigenvalue weighted by atomic mass is 9.87. The molecule has 0 aromatic carbocycles. The number of aliphatic hydroxyl groups excluding tert-OH is 1. The highest BCUT2D eigenvalue weighted by Gasteiger charge is 2.38. The number of carbonyl (C=O) groups excluding carboxylic acids is 2. The largest absolute Gasteiger partial charge is 0.444 e. The quantitative estimate of drug-likeness (QED) is 0.791. The first-order valence-electron chi connectivity index (χ1n) is 8.31. The fourth-order valence-corrected chi connectivity index (χ4v) is 3.15. The van der Waals surface area contributed by atoms with Crippen molar-refractivity contribution in [2.24, 2.45) is 0 Å². The summed E-state index contributed by atoms with van der Waals surface area (Å²) in [5.41, 5.74) is -0.569. The zero-order valence-corrected chi connectivity index (χ0v) is 14.2. The first-order valence-corrected chi connectivity index (χ1v) is 8.31. The molecular weight excluding hydrogens is 300 g/mol. The van der Waals surface area contributed by atoms with E-state index in [0.29, 0.717) is 32.4 Å². The molecule has 1 saturated carbocycles. The van der Waals surface area contributed by atoms with E-state index in [-0.39, 0.29) is 24.6 Å². The van der Waals surface area contributed by atoms with Crippen LogP contribution < -0.4 is 5.32 Å².